The first-order chi connectivity index (χ1) is 9.77. The maximum Gasteiger partial charge on any atom is 0.307 e. The Hall–Kier alpha value is -0.830. The molecule has 0 bridgehead atoms. The maximum atomic E-state index is 12.7. The number of nitrogens with zero attached hydrogens (tertiary/aromatic N) is 1. The van der Waals surface area contributed by atoms with Gasteiger partial charge in [0.05, 0.1) is 17.5 Å². The lowest BCUT2D eigenvalue weighted by Gasteiger charge is -2.19. The van der Waals surface area contributed by atoms with Gasteiger partial charge >= 0.3 is 5.97 Å². The van der Waals surface area contributed by atoms with E-state index >= 15 is 0 Å². The lowest BCUT2D eigenvalue weighted by atomic mass is 10.1. The highest BCUT2D eigenvalue weighted by atomic mass is 79.9. The molecule has 116 valence electrons. The Kier molecular flexibility index (Phi) is 4.82. The summed E-state index contributed by atoms with van der Waals surface area (Å²) in [6.45, 7) is 0.109. The molecule has 0 unspecified atom stereocenters. The Balaban J connectivity index is 2.44. The summed E-state index contributed by atoms with van der Waals surface area (Å²) in [6, 6.07) is 2.83. The molecule has 21 heavy (non-hydrogen) atoms. The van der Waals surface area contributed by atoms with Crippen molar-refractivity contribution in [3.8, 4) is 5.75 Å². The first-order valence-corrected chi connectivity index (χ1v) is 8.64. The van der Waals surface area contributed by atoms with Crippen LogP contribution in [0.15, 0.2) is 21.5 Å². The van der Waals surface area contributed by atoms with Crippen LogP contribution in [0.25, 0.3) is 0 Å². The Morgan fingerprint density at radius 2 is 2.19 bits per heavy atom. The van der Waals surface area contributed by atoms with Gasteiger partial charge in [-0.1, -0.05) is 11.6 Å². The van der Waals surface area contributed by atoms with E-state index in [4.69, 9.17) is 21.4 Å². The predicted octanol–water partition coefficient (Wildman–Crippen LogP) is 2.21. The summed E-state index contributed by atoms with van der Waals surface area (Å²) in [5.41, 5.74) is 0. The van der Waals surface area contributed by atoms with Crippen LogP contribution in [0.5, 0.6) is 5.75 Å². The van der Waals surface area contributed by atoms with Crippen LogP contribution < -0.4 is 4.74 Å². The van der Waals surface area contributed by atoms with E-state index in [-0.39, 0.29) is 28.8 Å². The van der Waals surface area contributed by atoms with Crippen LogP contribution in [0.1, 0.15) is 6.42 Å². The average Bonchev–Trinajstić information content (AvgIpc) is 2.88. The second-order valence-electron chi connectivity index (χ2n) is 4.61. The quantitative estimate of drug-likeness (QED) is 0.840. The number of carboxylic acid groups (broad SMARTS) is 1. The SMILES string of the molecule is COc1c(Br)cc(Cl)cc1S(=O)(=O)N1CC[C@@H](C(=O)O)C1. The van der Waals surface area contributed by atoms with Crippen LogP contribution in [-0.2, 0) is 14.8 Å². The molecule has 1 saturated heterocycles. The molecule has 1 aromatic carbocycles. The highest BCUT2D eigenvalue weighted by Gasteiger charge is 2.37. The summed E-state index contributed by atoms with van der Waals surface area (Å²) >= 11 is 9.12. The molecule has 1 aliphatic heterocycles. The Morgan fingerprint density at radius 3 is 2.71 bits per heavy atom. The number of carboxylic acids is 1. The number of hydrogen-bond acceptors (Lipinski definition) is 4. The molecule has 1 heterocycles. The van der Waals surface area contributed by atoms with E-state index in [0.29, 0.717) is 10.9 Å². The topological polar surface area (TPSA) is 83.9 Å². The third-order valence-corrected chi connectivity index (χ3v) is 5.97. The van der Waals surface area contributed by atoms with Crippen molar-refractivity contribution in [2.75, 3.05) is 20.2 Å². The van der Waals surface area contributed by atoms with Crippen molar-refractivity contribution in [1.82, 2.24) is 4.31 Å². The molecule has 6 nitrogen and oxygen atoms in total. The fourth-order valence-corrected chi connectivity index (χ4v) is 5.09. The number of ether oxygens (including phenoxy) is 1. The summed E-state index contributed by atoms with van der Waals surface area (Å²) in [6.07, 6.45) is 0.290. The average molecular weight is 399 g/mol. The number of sulfonamides is 1. The zero-order valence-electron chi connectivity index (χ0n) is 11.0. The van der Waals surface area contributed by atoms with E-state index in [1.807, 2.05) is 0 Å². The van der Waals surface area contributed by atoms with Crippen LogP contribution >= 0.6 is 27.5 Å². The Bertz CT molecular complexity index is 678. The summed E-state index contributed by atoms with van der Waals surface area (Å²) in [5.74, 6) is -1.53. The van der Waals surface area contributed by atoms with Gasteiger partial charge in [0.2, 0.25) is 10.0 Å². The number of rotatable bonds is 4. The summed E-state index contributed by atoms with van der Waals surface area (Å²) in [4.78, 5) is 10.9. The predicted molar refractivity (Wildman–Crippen MR) is 80.2 cm³/mol. The molecule has 1 atom stereocenters. The van der Waals surface area contributed by atoms with Gasteiger partial charge in [0, 0.05) is 18.1 Å². The molecule has 1 aromatic rings. The third kappa shape index (κ3) is 3.18. The number of halogens is 2. The molecule has 1 aliphatic rings. The van der Waals surface area contributed by atoms with Crippen LogP contribution in [0.3, 0.4) is 0 Å². The normalized spacial score (nSPS) is 19.7. The fourth-order valence-electron chi connectivity index (χ4n) is 2.21. The highest BCUT2D eigenvalue weighted by molar-refractivity contribution is 9.10. The lowest BCUT2D eigenvalue weighted by Crippen LogP contribution is -2.30. The smallest absolute Gasteiger partial charge is 0.307 e. The van der Waals surface area contributed by atoms with Gasteiger partial charge in [0.25, 0.3) is 0 Å². The van der Waals surface area contributed by atoms with Crippen molar-refractivity contribution < 1.29 is 23.1 Å². The number of methoxy groups -OCH3 is 1. The fraction of sp³-hybridized carbons (Fsp3) is 0.417. The van der Waals surface area contributed by atoms with E-state index < -0.39 is 21.9 Å². The van der Waals surface area contributed by atoms with Crippen molar-refractivity contribution >= 4 is 43.5 Å². The van der Waals surface area contributed by atoms with Crippen LogP contribution in [0.4, 0.5) is 0 Å². The van der Waals surface area contributed by atoms with Gasteiger partial charge in [-0.15, -0.1) is 0 Å². The first-order valence-electron chi connectivity index (χ1n) is 6.03. The van der Waals surface area contributed by atoms with E-state index in [1.165, 1.54) is 19.2 Å². The minimum Gasteiger partial charge on any atom is -0.494 e. The molecular formula is C12H13BrClNO5S. The summed E-state index contributed by atoms with van der Waals surface area (Å²) in [5, 5.41) is 9.23. The van der Waals surface area contributed by atoms with Crippen molar-refractivity contribution in [3.05, 3.63) is 21.6 Å². The van der Waals surface area contributed by atoms with Gasteiger partial charge < -0.3 is 9.84 Å². The Morgan fingerprint density at radius 1 is 1.52 bits per heavy atom. The largest absolute Gasteiger partial charge is 0.494 e. The van der Waals surface area contributed by atoms with Crippen molar-refractivity contribution in [1.29, 1.82) is 0 Å². The molecule has 0 aliphatic carbocycles. The molecule has 0 amide bonds. The lowest BCUT2D eigenvalue weighted by molar-refractivity contribution is -0.141. The minimum atomic E-state index is -3.86. The van der Waals surface area contributed by atoms with Crippen LogP contribution in [0, 0.1) is 5.92 Å². The number of aliphatic carboxylic acids is 1. The van der Waals surface area contributed by atoms with E-state index in [0.717, 1.165) is 4.31 Å². The molecule has 0 aromatic heterocycles. The number of hydrogen-bond donors (Lipinski definition) is 1. The summed E-state index contributed by atoms with van der Waals surface area (Å²) in [7, 11) is -2.50. The van der Waals surface area contributed by atoms with E-state index in [2.05, 4.69) is 15.9 Å². The van der Waals surface area contributed by atoms with Gasteiger partial charge in [0.15, 0.2) is 5.75 Å². The zero-order valence-corrected chi connectivity index (χ0v) is 14.2. The second-order valence-corrected chi connectivity index (χ2v) is 7.80. The molecule has 1 fully saturated rings. The van der Waals surface area contributed by atoms with E-state index in [1.54, 1.807) is 0 Å². The standard InChI is InChI=1S/C12H13BrClNO5S/c1-20-11-9(13)4-8(14)5-10(11)21(18,19)15-3-2-7(6-15)12(16)17/h4-5,7H,2-3,6H2,1H3,(H,16,17)/t7-/m1/s1. The van der Waals surface area contributed by atoms with Gasteiger partial charge in [-0.3, -0.25) is 4.79 Å². The Labute approximate surface area is 135 Å². The van der Waals surface area contributed by atoms with Crippen molar-refractivity contribution in [2.45, 2.75) is 11.3 Å². The number of benzene rings is 1. The van der Waals surface area contributed by atoms with Crippen LogP contribution in [0.2, 0.25) is 5.02 Å². The van der Waals surface area contributed by atoms with Gasteiger partial charge in [-0.2, -0.15) is 4.31 Å². The van der Waals surface area contributed by atoms with Crippen molar-refractivity contribution in [3.63, 3.8) is 0 Å². The second kappa shape index (κ2) is 6.12. The summed E-state index contributed by atoms with van der Waals surface area (Å²) < 4.78 is 32.0. The molecule has 2 rings (SSSR count). The van der Waals surface area contributed by atoms with Crippen molar-refractivity contribution in [2.24, 2.45) is 5.92 Å². The minimum absolute atomic E-state index is 0.0506. The molecular weight excluding hydrogens is 386 g/mol. The van der Waals surface area contributed by atoms with E-state index in [9.17, 15) is 13.2 Å². The molecule has 0 spiro atoms. The molecule has 0 saturated carbocycles. The molecule has 9 heteroatoms. The maximum absolute atomic E-state index is 12.7. The van der Waals surface area contributed by atoms with Gasteiger partial charge in [0.1, 0.15) is 4.90 Å². The monoisotopic (exact) mass is 397 g/mol. The first kappa shape index (κ1) is 16.5. The van der Waals surface area contributed by atoms with Gasteiger partial charge in [-0.25, -0.2) is 8.42 Å². The van der Waals surface area contributed by atoms with Gasteiger partial charge in [-0.05, 0) is 34.5 Å². The zero-order chi connectivity index (χ0) is 15.8. The number of carbonyl (C=O) groups is 1. The van der Waals surface area contributed by atoms with Crippen LogP contribution in [-0.4, -0.2) is 44.0 Å². The molecule has 0 radical (unpaired) electrons. The third-order valence-electron chi connectivity index (χ3n) is 3.30. The molecule has 1 N–H and O–H groups in total. The highest BCUT2D eigenvalue weighted by Crippen LogP contribution is 2.38.